The lowest BCUT2D eigenvalue weighted by Crippen LogP contribution is -3.16. The van der Waals surface area contributed by atoms with Crippen LogP contribution >= 0.6 is 0 Å². The number of benzene rings is 2. The Hall–Kier alpha value is -3.43. The monoisotopic (exact) mass is 420 g/mol. The Bertz CT molecular complexity index is 1120. The molecule has 0 aliphatic carbocycles. The topological polar surface area (TPSA) is 63.5 Å². The van der Waals surface area contributed by atoms with Crippen LogP contribution in [0.4, 0.5) is 8.78 Å². The molecular formula is C25H24F2N3O+. The third-order valence-electron chi connectivity index (χ3n) is 5.88. The van der Waals surface area contributed by atoms with Gasteiger partial charge in [0.2, 0.25) is 5.88 Å². The highest BCUT2D eigenvalue weighted by atomic mass is 19.1. The zero-order valence-electron chi connectivity index (χ0n) is 17.5. The minimum absolute atomic E-state index is 0.0635. The molecule has 2 aliphatic rings. The van der Waals surface area contributed by atoms with Crippen LogP contribution in [0.1, 0.15) is 30.9 Å². The lowest BCUT2D eigenvalue weighted by molar-refractivity contribution is -0.913. The van der Waals surface area contributed by atoms with Gasteiger partial charge in [-0.1, -0.05) is 24.3 Å². The smallest absolute Gasteiger partial charge is 0.205 e. The summed E-state index contributed by atoms with van der Waals surface area (Å²) in [5.74, 6) is -0.320. The highest BCUT2D eigenvalue weighted by Gasteiger charge is 2.40. The van der Waals surface area contributed by atoms with Gasteiger partial charge in [-0.15, -0.1) is 0 Å². The van der Waals surface area contributed by atoms with E-state index in [4.69, 9.17) is 10.5 Å². The molecule has 0 bridgehead atoms. The molecule has 2 aliphatic heterocycles. The van der Waals surface area contributed by atoms with Crippen LogP contribution in [-0.2, 0) is 4.74 Å². The number of halogens is 2. The highest BCUT2D eigenvalue weighted by Crippen LogP contribution is 2.41. The maximum absolute atomic E-state index is 13.6. The van der Waals surface area contributed by atoms with Gasteiger partial charge in [0.15, 0.2) is 0 Å². The van der Waals surface area contributed by atoms with E-state index in [-0.39, 0.29) is 17.5 Å². The van der Waals surface area contributed by atoms with E-state index in [1.807, 2.05) is 6.08 Å². The minimum Gasteiger partial charge on any atom is -0.440 e. The van der Waals surface area contributed by atoms with E-state index in [2.05, 4.69) is 19.9 Å². The average Bonchev–Trinajstić information content (AvgIpc) is 2.75. The van der Waals surface area contributed by atoms with Crippen molar-refractivity contribution in [2.75, 3.05) is 13.1 Å². The van der Waals surface area contributed by atoms with Gasteiger partial charge < -0.3 is 15.4 Å². The molecule has 0 saturated heterocycles. The van der Waals surface area contributed by atoms with Gasteiger partial charge in [0.1, 0.15) is 42.1 Å². The minimum atomic E-state index is -0.403. The van der Waals surface area contributed by atoms with Gasteiger partial charge in [-0.05, 0) is 55.3 Å². The second kappa shape index (κ2) is 8.37. The van der Waals surface area contributed by atoms with Crippen LogP contribution < -0.4 is 10.6 Å². The average molecular weight is 420 g/mol. The second-order valence-electron chi connectivity index (χ2n) is 8.22. The fourth-order valence-corrected chi connectivity index (χ4v) is 4.19. The summed E-state index contributed by atoms with van der Waals surface area (Å²) in [6.07, 6.45) is 1.97. The number of nitrogens with two attached hydrogens (primary N) is 1. The van der Waals surface area contributed by atoms with Crippen molar-refractivity contribution in [1.82, 2.24) is 0 Å². The molecule has 6 heteroatoms. The SMILES string of the molecule is CC(C)[NH+]1CC2=C(OC(N)=C(C#N)[C@H]2c2ccc(F)cc2)/C(=C/c2ccc(F)cc2)C1. The van der Waals surface area contributed by atoms with Crippen LogP contribution in [0.3, 0.4) is 0 Å². The Morgan fingerprint density at radius 3 is 2.26 bits per heavy atom. The van der Waals surface area contributed by atoms with Crippen molar-refractivity contribution in [2.45, 2.75) is 25.8 Å². The number of nitrogens with zero attached hydrogens (tertiary/aromatic N) is 1. The zero-order valence-corrected chi connectivity index (χ0v) is 17.5. The van der Waals surface area contributed by atoms with Crippen molar-refractivity contribution in [2.24, 2.45) is 5.73 Å². The number of nitriles is 1. The second-order valence-corrected chi connectivity index (χ2v) is 8.22. The van der Waals surface area contributed by atoms with E-state index in [1.54, 1.807) is 24.3 Å². The van der Waals surface area contributed by atoms with Crippen LogP contribution in [-0.4, -0.2) is 19.1 Å². The summed E-state index contributed by atoms with van der Waals surface area (Å²) in [6.45, 7) is 5.66. The third-order valence-corrected chi connectivity index (χ3v) is 5.88. The molecule has 0 radical (unpaired) electrons. The molecule has 0 saturated carbocycles. The number of rotatable bonds is 3. The summed E-state index contributed by atoms with van der Waals surface area (Å²) < 4.78 is 32.9. The van der Waals surface area contributed by atoms with Gasteiger partial charge in [-0.2, -0.15) is 5.26 Å². The molecule has 0 spiro atoms. The van der Waals surface area contributed by atoms with E-state index in [9.17, 15) is 14.0 Å². The lowest BCUT2D eigenvalue weighted by atomic mass is 9.80. The number of ether oxygens (including phenoxy) is 1. The van der Waals surface area contributed by atoms with E-state index in [0.29, 0.717) is 30.5 Å². The van der Waals surface area contributed by atoms with Gasteiger partial charge in [0.05, 0.1) is 12.0 Å². The Morgan fingerprint density at radius 2 is 1.68 bits per heavy atom. The molecule has 2 aromatic rings. The number of hydrogen-bond acceptors (Lipinski definition) is 3. The van der Waals surface area contributed by atoms with Gasteiger partial charge in [0.25, 0.3) is 0 Å². The highest BCUT2D eigenvalue weighted by molar-refractivity contribution is 5.62. The molecule has 0 fully saturated rings. The normalized spacial score (nSPS) is 22.4. The molecule has 2 aromatic carbocycles. The van der Waals surface area contributed by atoms with Gasteiger partial charge in [0, 0.05) is 11.1 Å². The van der Waals surface area contributed by atoms with E-state index < -0.39 is 5.92 Å². The first-order valence-electron chi connectivity index (χ1n) is 10.2. The summed E-state index contributed by atoms with van der Waals surface area (Å²) >= 11 is 0. The molecule has 31 heavy (non-hydrogen) atoms. The number of quaternary nitrogens is 1. The standard InChI is InChI=1S/C25H23F2N3O/c1-15(2)30-13-18(11-16-3-7-19(26)8-4-16)24-22(14-30)23(21(12-28)25(29)31-24)17-5-9-20(27)10-6-17/h3-11,15,23H,13-14,29H2,1-2H3/p+1/b18-11+/t23-/m1/s1. The molecule has 2 atom stereocenters. The summed E-state index contributed by atoms with van der Waals surface area (Å²) in [6, 6.07) is 14.9. The molecule has 3 N–H and O–H groups in total. The maximum atomic E-state index is 13.6. The van der Waals surface area contributed by atoms with Crippen molar-refractivity contribution in [3.63, 3.8) is 0 Å². The first kappa shape index (κ1) is 20.8. The maximum Gasteiger partial charge on any atom is 0.205 e. The summed E-state index contributed by atoms with van der Waals surface area (Å²) in [5, 5.41) is 9.82. The first-order valence-corrected chi connectivity index (χ1v) is 10.2. The summed E-state index contributed by atoms with van der Waals surface area (Å²) in [7, 11) is 0. The number of hydrogen-bond donors (Lipinski definition) is 2. The quantitative estimate of drug-likeness (QED) is 0.800. The third kappa shape index (κ3) is 4.10. The summed E-state index contributed by atoms with van der Waals surface area (Å²) in [4.78, 5) is 1.31. The van der Waals surface area contributed by atoms with Crippen molar-refractivity contribution >= 4 is 6.08 Å². The van der Waals surface area contributed by atoms with Crippen LogP contribution in [0, 0.1) is 23.0 Å². The first-order chi connectivity index (χ1) is 14.9. The Balaban J connectivity index is 1.88. The molecular weight excluding hydrogens is 396 g/mol. The van der Waals surface area contributed by atoms with Gasteiger partial charge in [-0.3, -0.25) is 0 Å². The van der Waals surface area contributed by atoms with Gasteiger partial charge in [-0.25, -0.2) is 8.78 Å². The van der Waals surface area contributed by atoms with Crippen LogP contribution in [0.5, 0.6) is 0 Å². The van der Waals surface area contributed by atoms with E-state index in [1.165, 1.54) is 29.2 Å². The summed E-state index contributed by atoms with van der Waals surface area (Å²) in [5.41, 5.74) is 10.0. The van der Waals surface area contributed by atoms with Crippen molar-refractivity contribution in [3.05, 3.63) is 99.7 Å². The van der Waals surface area contributed by atoms with Crippen molar-refractivity contribution in [1.29, 1.82) is 5.26 Å². The van der Waals surface area contributed by atoms with Crippen molar-refractivity contribution < 1.29 is 18.4 Å². The Labute approximate surface area is 180 Å². The molecule has 0 aromatic heterocycles. The molecule has 1 unspecified atom stereocenters. The van der Waals surface area contributed by atoms with E-state index >= 15 is 0 Å². The lowest BCUT2D eigenvalue weighted by Gasteiger charge is -2.37. The molecule has 4 rings (SSSR count). The molecule has 0 amide bonds. The largest absolute Gasteiger partial charge is 0.440 e. The number of nitrogens with one attached hydrogen (secondary N) is 1. The van der Waals surface area contributed by atoms with E-state index in [0.717, 1.165) is 22.3 Å². The fraction of sp³-hybridized carbons (Fsp3) is 0.240. The molecule has 2 heterocycles. The van der Waals surface area contributed by atoms with Crippen molar-refractivity contribution in [3.8, 4) is 6.07 Å². The Morgan fingerprint density at radius 1 is 1.06 bits per heavy atom. The molecule has 4 nitrogen and oxygen atoms in total. The van der Waals surface area contributed by atoms with Crippen LogP contribution in [0.2, 0.25) is 0 Å². The predicted octanol–water partition coefficient (Wildman–Crippen LogP) is 3.42. The number of allylic oxidation sites excluding steroid dienone is 1. The predicted molar refractivity (Wildman–Crippen MR) is 114 cm³/mol. The van der Waals surface area contributed by atoms with Crippen LogP contribution in [0.25, 0.3) is 6.08 Å². The zero-order chi connectivity index (χ0) is 22.1. The fourth-order valence-electron chi connectivity index (χ4n) is 4.19. The van der Waals surface area contributed by atoms with Crippen LogP contribution in [0.15, 0.2) is 76.9 Å². The van der Waals surface area contributed by atoms with Gasteiger partial charge >= 0.3 is 0 Å². The Kier molecular flexibility index (Phi) is 5.62. The molecule has 158 valence electrons.